The highest BCUT2D eigenvalue weighted by atomic mass is 14.9. The van der Waals surface area contributed by atoms with Crippen molar-refractivity contribution in [3.8, 4) is 68.2 Å². The fourth-order valence-corrected chi connectivity index (χ4v) is 6.38. The monoisotopic (exact) mass is 610 g/mol. The summed E-state index contributed by atoms with van der Waals surface area (Å²) in [6, 6.07) is 57.6. The molecule has 7 aromatic carbocycles. The van der Waals surface area contributed by atoms with E-state index in [1.165, 1.54) is 5.56 Å². The first-order chi connectivity index (χ1) is 23.7. The summed E-state index contributed by atoms with van der Waals surface area (Å²) in [5.74, 6) is 0.680. The molecule has 0 aliphatic rings. The summed E-state index contributed by atoms with van der Waals surface area (Å²) in [5.41, 5.74) is 11.0. The highest BCUT2D eigenvalue weighted by molar-refractivity contribution is 6.05. The second kappa shape index (κ2) is 12.1. The highest BCUT2D eigenvalue weighted by Crippen LogP contribution is 2.37. The quantitative estimate of drug-likeness (QED) is 0.194. The van der Waals surface area contributed by atoms with Crippen LogP contribution in [0.4, 0.5) is 0 Å². The van der Waals surface area contributed by atoms with Crippen molar-refractivity contribution in [1.29, 1.82) is 10.5 Å². The van der Waals surface area contributed by atoms with Crippen LogP contribution in [0.1, 0.15) is 11.1 Å². The molecule has 0 radical (unpaired) electrons. The van der Waals surface area contributed by atoms with Crippen LogP contribution in [0.2, 0.25) is 0 Å². The maximum Gasteiger partial charge on any atom is 0.161 e. The van der Waals surface area contributed by atoms with Crippen molar-refractivity contribution in [2.24, 2.45) is 0 Å². The number of nitrogens with zero attached hydrogens (tertiary/aromatic N) is 4. The van der Waals surface area contributed by atoms with Crippen molar-refractivity contribution in [1.82, 2.24) is 9.97 Å². The summed E-state index contributed by atoms with van der Waals surface area (Å²) >= 11 is 0. The number of hydrogen-bond acceptors (Lipinski definition) is 4. The molecule has 0 saturated heterocycles. The van der Waals surface area contributed by atoms with Gasteiger partial charge in [-0.25, -0.2) is 9.97 Å². The molecule has 0 unspecified atom stereocenters. The molecule has 1 heterocycles. The lowest BCUT2D eigenvalue weighted by molar-refractivity contribution is 1.23. The molecule has 0 fully saturated rings. The van der Waals surface area contributed by atoms with E-state index in [0.717, 1.165) is 66.3 Å². The van der Waals surface area contributed by atoms with Crippen molar-refractivity contribution < 1.29 is 0 Å². The van der Waals surface area contributed by atoms with Gasteiger partial charge in [-0.2, -0.15) is 10.5 Å². The Morgan fingerprint density at radius 3 is 1.54 bits per heavy atom. The Hall–Kier alpha value is -6.88. The molecule has 4 heteroatoms. The molecule has 0 N–H and O–H groups in total. The van der Waals surface area contributed by atoms with Crippen molar-refractivity contribution in [3.63, 3.8) is 0 Å². The largest absolute Gasteiger partial charge is 0.228 e. The van der Waals surface area contributed by atoms with E-state index < -0.39 is 0 Å². The topological polar surface area (TPSA) is 73.4 Å². The molecule has 0 amide bonds. The fraction of sp³-hybridized carbons (Fsp3) is 0. The van der Waals surface area contributed by atoms with E-state index in [9.17, 15) is 10.5 Å². The number of benzene rings is 7. The van der Waals surface area contributed by atoms with Crippen LogP contribution in [0, 0.1) is 22.7 Å². The van der Waals surface area contributed by atoms with Crippen LogP contribution in [-0.4, -0.2) is 9.97 Å². The van der Waals surface area contributed by atoms with Crippen molar-refractivity contribution in [2.75, 3.05) is 0 Å². The molecule has 1 aromatic heterocycles. The molecule has 0 bridgehead atoms. The van der Waals surface area contributed by atoms with Gasteiger partial charge in [0.05, 0.1) is 34.5 Å². The average molecular weight is 611 g/mol. The summed E-state index contributed by atoms with van der Waals surface area (Å²) in [6.45, 7) is 0. The summed E-state index contributed by atoms with van der Waals surface area (Å²) in [7, 11) is 0. The Labute approximate surface area is 278 Å². The predicted molar refractivity (Wildman–Crippen MR) is 194 cm³/mol. The first-order valence-corrected chi connectivity index (χ1v) is 15.7. The number of nitriles is 2. The van der Waals surface area contributed by atoms with Gasteiger partial charge in [0.2, 0.25) is 0 Å². The SMILES string of the molecule is N#Cc1cc(C#N)cc(-c2ccc(-c3ccc(-c4nc(-c5ccc(-c6ccccc6)cc5)c5ccccc5n4)c4ccccc34)cc2)c1. The first kappa shape index (κ1) is 28.6. The van der Waals surface area contributed by atoms with Gasteiger partial charge in [0.25, 0.3) is 0 Å². The normalized spacial score (nSPS) is 10.9. The molecule has 0 aliphatic carbocycles. The van der Waals surface area contributed by atoms with Crippen molar-refractivity contribution in [2.45, 2.75) is 0 Å². The maximum atomic E-state index is 9.43. The van der Waals surface area contributed by atoms with Gasteiger partial charge in [0, 0.05) is 16.5 Å². The minimum Gasteiger partial charge on any atom is -0.228 e. The number of rotatable bonds is 5. The van der Waals surface area contributed by atoms with Gasteiger partial charge in [-0.05, 0) is 74.5 Å². The lowest BCUT2D eigenvalue weighted by atomic mass is 9.93. The van der Waals surface area contributed by atoms with E-state index >= 15 is 0 Å². The van der Waals surface area contributed by atoms with E-state index in [2.05, 4.69) is 115 Å². The van der Waals surface area contributed by atoms with E-state index in [4.69, 9.17) is 9.97 Å². The van der Waals surface area contributed by atoms with E-state index in [1.807, 2.05) is 48.5 Å². The second-order valence-electron chi connectivity index (χ2n) is 11.7. The zero-order valence-corrected chi connectivity index (χ0v) is 25.8. The second-order valence-corrected chi connectivity index (χ2v) is 11.7. The number of fused-ring (bicyclic) bond motifs is 2. The Kier molecular flexibility index (Phi) is 7.23. The molecule has 8 aromatic rings. The molecule has 8 rings (SSSR count). The van der Waals surface area contributed by atoms with Gasteiger partial charge in [-0.1, -0.05) is 127 Å². The van der Waals surface area contributed by atoms with Gasteiger partial charge in [-0.3, -0.25) is 0 Å². The number of hydrogen-bond donors (Lipinski definition) is 0. The molecule has 0 aliphatic heterocycles. The third kappa shape index (κ3) is 5.24. The summed E-state index contributed by atoms with van der Waals surface area (Å²) < 4.78 is 0. The van der Waals surface area contributed by atoms with Gasteiger partial charge in [-0.15, -0.1) is 0 Å². The van der Waals surface area contributed by atoms with Crippen LogP contribution in [-0.2, 0) is 0 Å². The van der Waals surface area contributed by atoms with Gasteiger partial charge in [0.1, 0.15) is 0 Å². The maximum absolute atomic E-state index is 9.43. The third-order valence-corrected chi connectivity index (χ3v) is 8.75. The zero-order valence-electron chi connectivity index (χ0n) is 25.8. The minimum absolute atomic E-state index is 0.470. The van der Waals surface area contributed by atoms with E-state index in [1.54, 1.807) is 6.07 Å². The van der Waals surface area contributed by atoms with Crippen LogP contribution in [0.5, 0.6) is 0 Å². The van der Waals surface area contributed by atoms with Crippen molar-refractivity contribution >= 4 is 21.7 Å². The predicted octanol–water partition coefficient (Wildman–Crippen LogP) is 10.9. The zero-order chi connectivity index (χ0) is 32.5. The van der Waals surface area contributed by atoms with Gasteiger partial charge < -0.3 is 0 Å². The Balaban J connectivity index is 1.21. The fourth-order valence-electron chi connectivity index (χ4n) is 6.38. The Morgan fingerprint density at radius 1 is 0.375 bits per heavy atom. The lowest BCUT2D eigenvalue weighted by Gasteiger charge is -2.14. The average Bonchev–Trinajstić information content (AvgIpc) is 3.17. The van der Waals surface area contributed by atoms with Crippen LogP contribution >= 0.6 is 0 Å². The molecule has 222 valence electrons. The summed E-state index contributed by atoms with van der Waals surface area (Å²) in [6.07, 6.45) is 0. The van der Waals surface area contributed by atoms with Crippen LogP contribution in [0.3, 0.4) is 0 Å². The minimum atomic E-state index is 0.470. The molecule has 48 heavy (non-hydrogen) atoms. The van der Waals surface area contributed by atoms with E-state index in [0.29, 0.717) is 17.0 Å². The summed E-state index contributed by atoms with van der Waals surface area (Å²) in [4.78, 5) is 10.3. The summed E-state index contributed by atoms with van der Waals surface area (Å²) in [5, 5.41) is 22.1. The van der Waals surface area contributed by atoms with Gasteiger partial charge >= 0.3 is 0 Å². The molecular formula is C44H26N4. The number of para-hydroxylation sites is 1. The van der Waals surface area contributed by atoms with Crippen molar-refractivity contribution in [3.05, 3.63) is 169 Å². The third-order valence-electron chi connectivity index (χ3n) is 8.75. The van der Waals surface area contributed by atoms with Gasteiger partial charge in [0.15, 0.2) is 5.82 Å². The Bertz CT molecular complexity index is 2520. The van der Waals surface area contributed by atoms with Crippen LogP contribution in [0.15, 0.2) is 158 Å². The molecular weight excluding hydrogens is 585 g/mol. The molecule has 4 nitrogen and oxygen atoms in total. The van der Waals surface area contributed by atoms with E-state index in [-0.39, 0.29) is 0 Å². The first-order valence-electron chi connectivity index (χ1n) is 15.7. The smallest absolute Gasteiger partial charge is 0.161 e. The molecule has 0 atom stereocenters. The Morgan fingerprint density at radius 2 is 0.875 bits per heavy atom. The van der Waals surface area contributed by atoms with Crippen LogP contribution < -0.4 is 0 Å². The highest BCUT2D eigenvalue weighted by Gasteiger charge is 2.16. The lowest BCUT2D eigenvalue weighted by Crippen LogP contribution is -1.96. The molecule has 0 saturated carbocycles. The standard InChI is InChI=1S/C44H26N4/c45-27-29-24-30(28-46)26-36(25-29)33-14-18-34(19-15-33)37-22-23-40(39-11-5-4-10-38(37)39)44-47-42-13-7-6-12-41(42)43(48-44)35-20-16-32(17-21-35)31-8-2-1-3-9-31/h1-26H. The molecule has 0 spiro atoms. The number of aromatic nitrogens is 2. The van der Waals surface area contributed by atoms with Crippen LogP contribution in [0.25, 0.3) is 77.7 Å².